The van der Waals surface area contributed by atoms with Crippen LogP contribution >= 0.6 is 0 Å². The first-order chi connectivity index (χ1) is 14.6. The minimum absolute atomic E-state index is 0.121. The molecule has 11 nitrogen and oxygen atoms in total. The van der Waals surface area contributed by atoms with E-state index in [0.29, 0.717) is 5.69 Å². The molecule has 0 spiro atoms. The van der Waals surface area contributed by atoms with Crippen LogP contribution in [0.2, 0.25) is 0 Å². The summed E-state index contributed by atoms with van der Waals surface area (Å²) in [6, 6.07) is 11.0. The number of ether oxygens (including phenoxy) is 1. The maximum absolute atomic E-state index is 12.3. The van der Waals surface area contributed by atoms with Crippen molar-refractivity contribution in [3.8, 4) is 11.4 Å². The number of carbonyl (C=O) groups is 2. The van der Waals surface area contributed by atoms with E-state index >= 15 is 0 Å². The van der Waals surface area contributed by atoms with Gasteiger partial charge in [-0.3, -0.25) is 14.5 Å². The predicted octanol–water partition coefficient (Wildman–Crippen LogP) is 3.38. The third-order valence-corrected chi connectivity index (χ3v) is 3.47. The fourth-order valence-electron chi connectivity index (χ4n) is 2.28. The summed E-state index contributed by atoms with van der Waals surface area (Å²) in [5, 5.41) is 6.45. The van der Waals surface area contributed by atoms with Crippen molar-refractivity contribution in [3.63, 3.8) is 0 Å². The number of nitrogens with zero attached hydrogens (tertiary/aromatic N) is 6. The fourth-order valence-corrected chi connectivity index (χ4v) is 2.28. The van der Waals surface area contributed by atoms with Crippen molar-refractivity contribution >= 4 is 17.5 Å². The molecule has 0 atom stereocenters. The number of nitrogens with two attached hydrogens (primary N) is 1. The average molecular weight is 433 g/mol. The summed E-state index contributed by atoms with van der Waals surface area (Å²) >= 11 is 0. The third-order valence-electron chi connectivity index (χ3n) is 3.47. The highest BCUT2D eigenvalue weighted by Crippen LogP contribution is 2.23. The largest absolute Gasteiger partial charge is 0.573 e. The second kappa shape index (κ2) is 9.76. The van der Waals surface area contributed by atoms with E-state index in [9.17, 15) is 22.8 Å². The number of halogens is 3. The molecule has 0 aliphatic rings. The summed E-state index contributed by atoms with van der Waals surface area (Å²) in [5.41, 5.74) is 19.4. The standard InChI is InChI=1S/C17H12F3N5O3.N3/c18-17(19,20)28-11-7-5-10(6-8-11)25-9-22-15(24-25)16(27)23-13-4-2-1-3-12(13)14(21)26;1-3-2/h1-9H,(H2,21,26)(H,23,27);/q;-1. The molecular weight excluding hydrogens is 421 g/mol. The van der Waals surface area contributed by atoms with Gasteiger partial charge in [0.25, 0.3) is 11.8 Å². The monoisotopic (exact) mass is 433 g/mol. The van der Waals surface area contributed by atoms with Crippen LogP contribution in [0.4, 0.5) is 18.9 Å². The molecule has 0 saturated heterocycles. The van der Waals surface area contributed by atoms with Crippen LogP contribution in [0.25, 0.3) is 21.7 Å². The zero-order valence-corrected chi connectivity index (χ0v) is 15.3. The number of aromatic nitrogens is 3. The molecular formula is C17H12F3N8O3-. The van der Waals surface area contributed by atoms with E-state index in [-0.39, 0.29) is 17.1 Å². The Hall–Kier alpha value is -4.58. The number of nitrogens with one attached hydrogen (secondary N) is 1. The Bertz CT molecular complexity index is 1110. The normalized spacial score (nSPS) is 10.3. The smallest absolute Gasteiger partial charge is 0.406 e. The van der Waals surface area contributed by atoms with E-state index in [1.54, 1.807) is 12.1 Å². The molecule has 2 aromatic carbocycles. The Morgan fingerprint density at radius 2 is 1.71 bits per heavy atom. The number of benzene rings is 2. The van der Waals surface area contributed by atoms with Gasteiger partial charge in [-0.2, -0.15) is 0 Å². The Balaban J connectivity index is 0.00000107. The van der Waals surface area contributed by atoms with E-state index < -0.39 is 23.9 Å². The number of para-hydroxylation sites is 1. The maximum atomic E-state index is 12.3. The van der Waals surface area contributed by atoms with Crippen molar-refractivity contribution in [3.05, 3.63) is 82.2 Å². The maximum Gasteiger partial charge on any atom is 0.573 e. The predicted molar refractivity (Wildman–Crippen MR) is 101 cm³/mol. The van der Waals surface area contributed by atoms with E-state index in [1.165, 1.54) is 40.2 Å². The van der Waals surface area contributed by atoms with Crippen LogP contribution in [-0.2, 0) is 0 Å². The lowest BCUT2D eigenvalue weighted by atomic mass is 10.1. The highest BCUT2D eigenvalue weighted by Gasteiger charge is 2.31. The molecule has 14 heteroatoms. The van der Waals surface area contributed by atoms with Crippen LogP contribution in [-0.4, -0.2) is 32.9 Å². The van der Waals surface area contributed by atoms with Crippen LogP contribution in [0.3, 0.4) is 0 Å². The van der Waals surface area contributed by atoms with Gasteiger partial charge in [0.05, 0.1) is 16.9 Å². The topological polar surface area (TPSA) is 171 Å². The molecule has 2 amide bonds. The van der Waals surface area contributed by atoms with Crippen LogP contribution in [0.5, 0.6) is 5.75 Å². The highest BCUT2D eigenvalue weighted by molar-refractivity contribution is 6.07. The summed E-state index contributed by atoms with van der Waals surface area (Å²) in [4.78, 5) is 29.1. The lowest BCUT2D eigenvalue weighted by molar-refractivity contribution is -0.274. The van der Waals surface area contributed by atoms with Crippen molar-refractivity contribution in [2.45, 2.75) is 6.36 Å². The molecule has 1 heterocycles. The number of hydrogen-bond acceptors (Lipinski definition) is 5. The Morgan fingerprint density at radius 3 is 2.29 bits per heavy atom. The number of primary amides is 1. The zero-order chi connectivity index (χ0) is 23.0. The number of carbonyl (C=O) groups excluding carboxylic acids is 2. The molecule has 3 N–H and O–H groups in total. The summed E-state index contributed by atoms with van der Waals surface area (Å²) < 4.78 is 41.6. The van der Waals surface area contributed by atoms with Crippen molar-refractivity contribution in [2.75, 3.05) is 5.32 Å². The van der Waals surface area contributed by atoms with Gasteiger partial charge in [0.1, 0.15) is 12.1 Å². The second-order valence-electron chi connectivity index (χ2n) is 5.51. The van der Waals surface area contributed by atoms with Crippen LogP contribution in [0.1, 0.15) is 21.0 Å². The van der Waals surface area contributed by atoms with Crippen LogP contribution < -0.4 is 15.8 Å². The molecule has 160 valence electrons. The first kappa shape index (κ1) is 22.7. The Morgan fingerprint density at radius 1 is 1.10 bits per heavy atom. The van der Waals surface area contributed by atoms with Crippen molar-refractivity contribution in [1.82, 2.24) is 14.8 Å². The molecule has 0 bridgehead atoms. The summed E-state index contributed by atoms with van der Waals surface area (Å²) in [5.74, 6) is -2.01. The van der Waals surface area contributed by atoms with Gasteiger partial charge in [0, 0.05) is 0 Å². The summed E-state index contributed by atoms with van der Waals surface area (Å²) in [6.07, 6.45) is -3.57. The number of hydrogen-bond donors (Lipinski definition) is 2. The molecule has 0 aliphatic heterocycles. The minimum atomic E-state index is -4.79. The summed E-state index contributed by atoms with van der Waals surface area (Å²) in [7, 11) is 0. The quantitative estimate of drug-likeness (QED) is 0.356. The van der Waals surface area contributed by atoms with Gasteiger partial charge in [-0.1, -0.05) is 12.1 Å². The molecule has 0 aliphatic carbocycles. The van der Waals surface area contributed by atoms with Gasteiger partial charge in [0.15, 0.2) is 0 Å². The number of alkyl halides is 3. The van der Waals surface area contributed by atoms with E-state index in [4.69, 9.17) is 16.8 Å². The fraction of sp³-hybridized carbons (Fsp3) is 0.0588. The van der Waals surface area contributed by atoms with Crippen LogP contribution in [0.15, 0.2) is 54.9 Å². The van der Waals surface area contributed by atoms with Crippen molar-refractivity contribution in [2.24, 2.45) is 5.73 Å². The minimum Gasteiger partial charge on any atom is -0.406 e. The first-order valence-corrected chi connectivity index (χ1v) is 8.11. The van der Waals surface area contributed by atoms with Crippen molar-refractivity contribution < 1.29 is 27.5 Å². The lowest BCUT2D eigenvalue weighted by Crippen LogP contribution is -2.19. The van der Waals surface area contributed by atoms with Gasteiger partial charge < -0.3 is 26.8 Å². The molecule has 1 aromatic heterocycles. The second-order valence-corrected chi connectivity index (χ2v) is 5.51. The van der Waals surface area contributed by atoms with E-state index in [2.05, 4.69) is 20.1 Å². The van der Waals surface area contributed by atoms with Gasteiger partial charge in [-0.15, -0.1) is 18.3 Å². The average Bonchev–Trinajstić information content (AvgIpc) is 3.18. The Labute approximate surface area is 171 Å². The molecule has 0 saturated carbocycles. The Kier molecular flexibility index (Phi) is 7.15. The molecule has 0 fully saturated rings. The van der Waals surface area contributed by atoms with E-state index in [0.717, 1.165) is 12.1 Å². The van der Waals surface area contributed by atoms with Gasteiger partial charge in [0.2, 0.25) is 5.82 Å². The third kappa shape index (κ3) is 6.47. The molecule has 0 unspecified atom stereocenters. The van der Waals surface area contributed by atoms with Gasteiger partial charge in [-0.25, -0.2) is 9.67 Å². The van der Waals surface area contributed by atoms with Crippen LogP contribution in [0, 0.1) is 0 Å². The van der Waals surface area contributed by atoms with Crippen molar-refractivity contribution in [1.29, 1.82) is 0 Å². The highest BCUT2D eigenvalue weighted by atomic mass is 19.4. The SMILES string of the molecule is NC(=O)c1ccccc1NC(=O)c1ncn(-c2ccc(OC(F)(F)F)cc2)n1.[N-]=[N+]=[N-]. The number of anilines is 1. The molecule has 3 aromatic rings. The number of rotatable bonds is 5. The van der Waals surface area contributed by atoms with E-state index in [1.807, 2.05) is 0 Å². The van der Waals surface area contributed by atoms with Gasteiger partial charge in [-0.05, 0) is 36.4 Å². The molecule has 3 rings (SSSR count). The first-order valence-electron chi connectivity index (χ1n) is 8.11. The molecule has 31 heavy (non-hydrogen) atoms. The lowest BCUT2D eigenvalue weighted by Gasteiger charge is -2.09. The van der Waals surface area contributed by atoms with Gasteiger partial charge >= 0.3 is 6.36 Å². The summed E-state index contributed by atoms with van der Waals surface area (Å²) in [6.45, 7) is 0. The molecule has 0 radical (unpaired) electrons. The zero-order valence-electron chi connectivity index (χ0n) is 15.3. The number of amides is 2.